The Labute approximate surface area is 208 Å². The van der Waals surface area contributed by atoms with Gasteiger partial charge in [-0.3, -0.25) is 19.4 Å². The molecule has 0 radical (unpaired) electrons. The predicted molar refractivity (Wildman–Crippen MR) is 130 cm³/mol. The van der Waals surface area contributed by atoms with Gasteiger partial charge in [-0.1, -0.05) is 20.3 Å². The Morgan fingerprint density at radius 3 is 2.28 bits per heavy atom. The van der Waals surface area contributed by atoms with Crippen molar-refractivity contribution in [1.82, 2.24) is 25.9 Å². The lowest BCUT2D eigenvalue weighted by Crippen LogP contribution is -2.59. The number of H-pyrrole nitrogens is 1. The maximum absolute atomic E-state index is 13.0. The van der Waals surface area contributed by atoms with Crippen LogP contribution in [0.2, 0.25) is 0 Å². The van der Waals surface area contributed by atoms with Gasteiger partial charge >= 0.3 is 5.97 Å². The number of hydrogen-bond acceptors (Lipinski definition) is 8. The number of aliphatic hydroxyl groups is 1. The minimum atomic E-state index is -1.45. The highest BCUT2D eigenvalue weighted by Crippen LogP contribution is 2.08. The third-order valence-corrected chi connectivity index (χ3v) is 5.51. The van der Waals surface area contributed by atoms with Gasteiger partial charge in [0.25, 0.3) is 0 Å². The van der Waals surface area contributed by atoms with Crippen LogP contribution in [0, 0.1) is 5.92 Å². The Hall–Kier alpha value is -3.72. The number of nitrogens with one attached hydrogen (secondary N) is 4. The van der Waals surface area contributed by atoms with Gasteiger partial charge in [-0.15, -0.1) is 0 Å². The van der Waals surface area contributed by atoms with Crippen LogP contribution in [0.3, 0.4) is 0 Å². The highest BCUT2D eigenvalue weighted by Gasteiger charge is 2.31. The number of aromatic nitrogens is 2. The summed E-state index contributed by atoms with van der Waals surface area (Å²) in [5.41, 5.74) is 17.0. The van der Waals surface area contributed by atoms with Crippen molar-refractivity contribution in [2.24, 2.45) is 28.1 Å². The number of aromatic amines is 1. The number of guanidine groups is 1. The summed E-state index contributed by atoms with van der Waals surface area (Å²) in [6.45, 7) is 2.91. The normalized spacial score (nSPS) is 15.0. The first kappa shape index (κ1) is 30.3. The number of aliphatic hydroxyl groups excluding tert-OH is 1. The van der Waals surface area contributed by atoms with Crippen molar-refractivity contribution < 1.29 is 29.4 Å². The summed E-state index contributed by atoms with van der Waals surface area (Å²) < 4.78 is 0. The Bertz CT molecular complexity index is 888. The number of amides is 3. The first-order chi connectivity index (χ1) is 17.0. The van der Waals surface area contributed by atoms with Crippen LogP contribution in [-0.4, -0.2) is 87.2 Å². The van der Waals surface area contributed by atoms with Crippen LogP contribution < -0.4 is 33.2 Å². The number of aliphatic imine (C=N–C) groups is 1. The zero-order valence-corrected chi connectivity index (χ0v) is 20.4. The Morgan fingerprint density at radius 2 is 1.75 bits per heavy atom. The molecule has 0 aromatic carbocycles. The smallest absolute Gasteiger partial charge is 0.326 e. The monoisotopic (exact) mass is 511 g/mol. The summed E-state index contributed by atoms with van der Waals surface area (Å²) in [6.07, 6.45) is 4.00. The van der Waals surface area contributed by atoms with E-state index in [4.69, 9.17) is 17.2 Å². The number of nitrogens with zero attached hydrogens (tertiary/aromatic N) is 2. The van der Waals surface area contributed by atoms with Crippen molar-refractivity contribution in [3.05, 3.63) is 18.2 Å². The Morgan fingerprint density at radius 1 is 1.11 bits per heavy atom. The molecule has 0 aliphatic rings. The fraction of sp³-hybridized carbons (Fsp3) is 0.619. The lowest BCUT2D eigenvalue weighted by molar-refractivity contribution is -0.144. The highest BCUT2D eigenvalue weighted by atomic mass is 16.4. The standard InChI is InChI=1S/C21H37N9O6/c1-3-11(2)16(20(35)36)30-19(34)15(9-31)29-18(33)14(7-12-8-25-10-27-12)28-17(32)13(22)5-4-6-26-21(23)24/h8,10-11,13-16,31H,3-7,9,22H2,1-2H3,(H,25,27)(H,28,32)(H,29,33)(H,30,34)(H,35,36)(H4,23,24,26). The molecule has 0 aliphatic carbocycles. The molecule has 1 heterocycles. The van der Waals surface area contributed by atoms with Crippen LogP contribution in [-0.2, 0) is 25.6 Å². The number of carbonyl (C=O) groups is 4. The van der Waals surface area contributed by atoms with Gasteiger partial charge in [0, 0.05) is 24.9 Å². The molecule has 5 unspecified atom stereocenters. The average molecular weight is 512 g/mol. The van der Waals surface area contributed by atoms with Crippen molar-refractivity contribution in [3.63, 3.8) is 0 Å². The SMILES string of the molecule is CCC(C)C(NC(=O)C(CO)NC(=O)C(Cc1cnc[nH]1)NC(=O)C(N)CCCN=C(N)N)C(=O)O. The number of carbonyl (C=O) groups excluding carboxylic acids is 3. The fourth-order valence-corrected chi connectivity index (χ4v) is 3.16. The zero-order chi connectivity index (χ0) is 27.3. The van der Waals surface area contributed by atoms with E-state index in [2.05, 4.69) is 30.9 Å². The average Bonchev–Trinajstić information content (AvgIpc) is 3.34. The molecule has 1 aromatic heterocycles. The predicted octanol–water partition coefficient (Wildman–Crippen LogP) is -3.09. The summed E-state index contributed by atoms with van der Waals surface area (Å²) in [5.74, 6) is -3.98. The second-order valence-corrected chi connectivity index (χ2v) is 8.35. The van der Waals surface area contributed by atoms with E-state index >= 15 is 0 Å². The van der Waals surface area contributed by atoms with E-state index in [1.54, 1.807) is 13.8 Å². The maximum Gasteiger partial charge on any atom is 0.326 e. The minimum Gasteiger partial charge on any atom is -0.480 e. The third kappa shape index (κ3) is 10.3. The van der Waals surface area contributed by atoms with Crippen molar-refractivity contribution >= 4 is 29.7 Å². The Balaban J connectivity index is 2.89. The lowest BCUT2D eigenvalue weighted by Gasteiger charge is -2.25. The van der Waals surface area contributed by atoms with Crippen molar-refractivity contribution in [1.29, 1.82) is 0 Å². The van der Waals surface area contributed by atoms with Gasteiger partial charge in [-0.2, -0.15) is 0 Å². The van der Waals surface area contributed by atoms with Gasteiger partial charge in [0.15, 0.2) is 5.96 Å². The van der Waals surface area contributed by atoms with Crippen molar-refractivity contribution in [2.45, 2.75) is 63.7 Å². The van der Waals surface area contributed by atoms with Gasteiger partial charge < -0.3 is 48.3 Å². The van der Waals surface area contributed by atoms with Gasteiger partial charge in [0.2, 0.25) is 17.7 Å². The zero-order valence-electron chi connectivity index (χ0n) is 20.4. The number of rotatable bonds is 16. The number of hydrogen-bond donors (Lipinski definition) is 9. The quantitative estimate of drug-likeness (QED) is 0.0613. The summed E-state index contributed by atoms with van der Waals surface area (Å²) >= 11 is 0. The van der Waals surface area contributed by atoms with Gasteiger partial charge in [0.1, 0.15) is 18.1 Å². The van der Waals surface area contributed by atoms with Crippen LogP contribution in [0.5, 0.6) is 0 Å². The molecular weight excluding hydrogens is 474 g/mol. The number of imidazole rings is 1. The van der Waals surface area contributed by atoms with Gasteiger partial charge in [-0.25, -0.2) is 9.78 Å². The van der Waals surface area contributed by atoms with Crippen LogP contribution in [0.15, 0.2) is 17.5 Å². The highest BCUT2D eigenvalue weighted by molar-refractivity contribution is 5.94. The number of carboxylic acids is 1. The maximum atomic E-state index is 13.0. The number of carboxylic acid groups (broad SMARTS) is 1. The van der Waals surface area contributed by atoms with E-state index in [1.807, 2.05) is 0 Å². The molecule has 3 amide bonds. The lowest BCUT2D eigenvalue weighted by atomic mass is 9.99. The molecule has 1 rings (SSSR count). The molecule has 12 N–H and O–H groups in total. The third-order valence-electron chi connectivity index (χ3n) is 5.51. The molecule has 36 heavy (non-hydrogen) atoms. The van der Waals surface area contributed by atoms with E-state index in [9.17, 15) is 29.4 Å². The Kier molecular flexibility index (Phi) is 12.9. The van der Waals surface area contributed by atoms with Gasteiger partial charge in [-0.05, 0) is 18.8 Å². The van der Waals surface area contributed by atoms with Crippen LogP contribution in [0.1, 0.15) is 38.8 Å². The molecule has 15 nitrogen and oxygen atoms in total. The summed E-state index contributed by atoms with van der Waals surface area (Å²) in [4.78, 5) is 60.2. The van der Waals surface area contributed by atoms with E-state index in [1.165, 1.54) is 12.5 Å². The van der Waals surface area contributed by atoms with E-state index in [0.717, 1.165) is 0 Å². The first-order valence-electron chi connectivity index (χ1n) is 11.5. The topological polar surface area (TPSA) is 264 Å². The van der Waals surface area contributed by atoms with E-state index in [-0.39, 0.29) is 31.3 Å². The summed E-state index contributed by atoms with van der Waals surface area (Å²) in [5, 5.41) is 26.3. The molecule has 0 fully saturated rings. The molecule has 202 valence electrons. The summed E-state index contributed by atoms with van der Waals surface area (Å²) in [6, 6.07) is -4.78. The second-order valence-electron chi connectivity index (χ2n) is 8.35. The largest absolute Gasteiger partial charge is 0.480 e. The first-order valence-corrected chi connectivity index (χ1v) is 11.5. The molecule has 0 saturated carbocycles. The van der Waals surface area contributed by atoms with Crippen molar-refractivity contribution in [2.75, 3.05) is 13.2 Å². The molecule has 0 aliphatic heterocycles. The second kappa shape index (κ2) is 15.3. The van der Waals surface area contributed by atoms with Crippen LogP contribution >= 0.6 is 0 Å². The molecule has 15 heteroatoms. The van der Waals surface area contributed by atoms with E-state index in [0.29, 0.717) is 18.5 Å². The van der Waals surface area contributed by atoms with E-state index < -0.39 is 54.5 Å². The van der Waals surface area contributed by atoms with Gasteiger partial charge in [0.05, 0.1) is 19.0 Å². The number of nitrogens with two attached hydrogens (primary N) is 3. The molecule has 0 bridgehead atoms. The molecule has 1 aromatic rings. The molecule has 5 atom stereocenters. The minimum absolute atomic E-state index is 0.0112. The number of aliphatic carboxylic acids is 1. The molecule has 0 saturated heterocycles. The molecule has 0 spiro atoms. The molecular formula is C21H37N9O6. The van der Waals surface area contributed by atoms with Crippen molar-refractivity contribution in [3.8, 4) is 0 Å². The van der Waals surface area contributed by atoms with Crippen LogP contribution in [0.4, 0.5) is 0 Å². The fourth-order valence-electron chi connectivity index (χ4n) is 3.16. The van der Waals surface area contributed by atoms with Crippen LogP contribution in [0.25, 0.3) is 0 Å². The summed E-state index contributed by atoms with van der Waals surface area (Å²) in [7, 11) is 0.